The Balaban J connectivity index is 1.06. The maximum atomic E-state index is 14.2. The Labute approximate surface area is 385 Å². The number of aromatic amines is 1. The zero-order valence-corrected chi connectivity index (χ0v) is 38.3. The van der Waals surface area contributed by atoms with Gasteiger partial charge in [-0.2, -0.15) is 0 Å². The fraction of sp³-hybridized carbons (Fsp3) is 0.478. The molecule has 3 saturated heterocycles. The van der Waals surface area contributed by atoms with Crippen molar-refractivity contribution in [1.29, 1.82) is 0 Å². The fourth-order valence-corrected chi connectivity index (χ4v) is 8.88. The molecule has 3 N–H and O–H groups in total. The van der Waals surface area contributed by atoms with Crippen molar-refractivity contribution in [2.24, 2.45) is 11.3 Å². The van der Waals surface area contributed by atoms with Crippen molar-refractivity contribution >= 4 is 46.9 Å². The van der Waals surface area contributed by atoms with Crippen LogP contribution in [0.15, 0.2) is 60.9 Å². The average molecular weight is 939 g/mol. The van der Waals surface area contributed by atoms with Crippen LogP contribution in [0.25, 0.3) is 22.4 Å². The summed E-state index contributed by atoms with van der Waals surface area (Å²) in [5.74, 6) is -0.533. The Kier molecular flexibility index (Phi) is 14.5. The number of amides is 4. The van der Waals surface area contributed by atoms with Gasteiger partial charge in [-0.3, -0.25) is 14.4 Å². The number of anilines is 2. The molecule has 16 nitrogen and oxygen atoms in total. The molecule has 0 radical (unpaired) electrons. The first-order valence-corrected chi connectivity index (χ1v) is 22.0. The van der Waals surface area contributed by atoms with E-state index in [9.17, 15) is 32.3 Å². The van der Waals surface area contributed by atoms with E-state index in [4.69, 9.17) is 25.8 Å². The van der Waals surface area contributed by atoms with Crippen LogP contribution in [0, 0.1) is 11.3 Å². The molecule has 0 spiro atoms. The number of carbonyl (C=O) groups is 4. The molecule has 3 aliphatic heterocycles. The predicted molar refractivity (Wildman–Crippen MR) is 239 cm³/mol. The second kappa shape index (κ2) is 19.9. The van der Waals surface area contributed by atoms with Crippen LogP contribution in [-0.4, -0.2) is 127 Å². The number of pyridine rings is 1. The van der Waals surface area contributed by atoms with Gasteiger partial charge < -0.3 is 49.3 Å². The molecule has 4 amide bonds. The van der Waals surface area contributed by atoms with E-state index < -0.39 is 41.6 Å². The van der Waals surface area contributed by atoms with Gasteiger partial charge in [0.1, 0.15) is 23.4 Å². The number of alkyl carbamates (subject to hydrolysis) is 1. The smallest absolute Gasteiger partial charge is 0.453 e. The van der Waals surface area contributed by atoms with Gasteiger partial charge in [0.2, 0.25) is 11.8 Å². The minimum absolute atomic E-state index is 0.0157. The van der Waals surface area contributed by atoms with Crippen molar-refractivity contribution in [3.63, 3.8) is 0 Å². The molecule has 0 bridgehead atoms. The lowest BCUT2D eigenvalue weighted by molar-refractivity contribution is -0.274. The molecule has 4 aromatic rings. The molecule has 2 aromatic carbocycles. The number of ether oxygens (including phenoxy) is 4. The van der Waals surface area contributed by atoms with Crippen LogP contribution in [-0.2, 0) is 23.8 Å². The molecule has 4 atom stereocenters. The summed E-state index contributed by atoms with van der Waals surface area (Å²) in [5, 5.41) is 5.28. The molecular formula is C46H54ClF3N8O8. The Hall–Kier alpha value is -5.92. The number of aromatic nitrogens is 3. The zero-order valence-electron chi connectivity index (χ0n) is 37.5. The molecule has 0 saturated carbocycles. The largest absolute Gasteiger partial charge is 0.573 e. The minimum Gasteiger partial charge on any atom is -0.453 e. The van der Waals surface area contributed by atoms with E-state index in [2.05, 4.69) is 30.3 Å². The van der Waals surface area contributed by atoms with E-state index >= 15 is 0 Å². The summed E-state index contributed by atoms with van der Waals surface area (Å²) in [7, 11) is 2.81. The molecule has 5 heterocycles. The van der Waals surface area contributed by atoms with Gasteiger partial charge in [0, 0.05) is 82.2 Å². The van der Waals surface area contributed by atoms with E-state index in [1.165, 1.54) is 19.4 Å². The molecular weight excluding hydrogens is 885 g/mol. The van der Waals surface area contributed by atoms with Crippen LogP contribution in [0.1, 0.15) is 69.2 Å². The van der Waals surface area contributed by atoms with Gasteiger partial charge in [-0.15, -0.1) is 13.2 Å². The third-order valence-corrected chi connectivity index (χ3v) is 12.5. The Morgan fingerprint density at radius 1 is 0.939 bits per heavy atom. The van der Waals surface area contributed by atoms with Crippen LogP contribution < -0.4 is 20.3 Å². The van der Waals surface area contributed by atoms with Crippen molar-refractivity contribution in [2.45, 2.75) is 77.5 Å². The van der Waals surface area contributed by atoms with Crippen molar-refractivity contribution in [3.05, 3.63) is 77.3 Å². The summed E-state index contributed by atoms with van der Waals surface area (Å²) in [6.07, 6.45) is -1.50. The highest BCUT2D eigenvalue weighted by molar-refractivity contribution is 6.34. The highest BCUT2D eigenvalue weighted by atomic mass is 35.5. The van der Waals surface area contributed by atoms with E-state index in [-0.39, 0.29) is 58.3 Å². The summed E-state index contributed by atoms with van der Waals surface area (Å²) in [4.78, 5) is 70.7. The summed E-state index contributed by atoms with van der Waals surface area (Å²) in [6.45, 7) is 10.4. The lowest BCUT2D eigenvalue weighted by atomic mass is 9.90. The van der Waals surface area contributed by atoms with Gasteiger partial charge in [0.25, 0.3) is 5.91 Å². The van der Waals surface area contributed by atoms with Gasteiger partial charge in [0.15, 0.2) is 0 Å². The maximum Gasteiger partial charge on any atom is 0.573 e. The van der Waals surface area contributed by atoms with E-state index in [1.54, 1.807) is 54.6 Å². The number of imidazole rings is 1. The van der Waals surface area contributed by atoms with Crippen molar-refractivity contribution < 1.29 is 51.3 Å². The molecule has 7 rings (SSSR count). The third-order valence-electron chi connectivity index (χ3n) is 12.2. The first kappa shape index (κ1) is 48.0. The number of hydrogen-bond acceptors (Lipinski definition) is 11. The fourth-order valence-electron chi connectivity index (χ4n) is 8.67. The second-order valence-electron chi connectivity index (χ2n) is 17.7. The highest BCUT2D eigenvalue weighted by Gasteiger charge is 2.43. The van der Waals surface area contributed by atoms with Gasteiger partial charge >= 0.3 is 12.5 Å². The number of H-pyrrole nitrogens is 1. The number of rotatable bonds is 11. The molecule has 3 fully saturated rings. The monoisotopic (exact) mass is 938 g/mol. The molecule has 3 aliphatic rings. The van der Waals surface area contributed by atoms with Gasteiger partial charge in [-0.25, -0.2) is 14.8 Å². The average Bonchev–Trinajstić information content (AvgIpc) is 3.97. The second-order valence-corrected chi connectivity index (χ2v) is 18.1. The summed E-state index contributed by atoms with van der Waals surface area (Å²) in [6, 6.07) is 10.7. The third kappa shape index (κ3) is 11.0. The SMILES string of the molecule is COC(=O)NC(C(=O)N1CC(OC)CC1c1ncc(-c2ccc(-c3cc(Cl)c(NC(=O)c4ccc(N5CCN(C(=O)C(C)(C)C)CC5C)nc4)cc3OC(F)(F)F)cc2)[nH]1)C1CCOCC1. The number of nitrogens with zero attached hydrogens (tertiary/aromatic N) is 5. The van der Waals surface area contributed by atoms with E-state index in [0.29, 0.717) is 80.6 Å². The Morgan fingerprint density at radius 2 is 1.65 bits per heavy atom. The first-order chi connectivity index (χ1) is 31.3. The normalized spacial score (nSPS) is 19.9. The Bertz CT molecular complexity index is 2390. The number of halogens is 4. The number of likely N-dealkylation sites (tertiary alicyclic amines) is 1. The van der Waals surface area contributed by atoms with Crippen molar-refractivity contribution in [3.8, 4) is 28.1 Å². The van der Waals surface area contributed by atoms with Crippen LogP contribution in [0.4, 0.5) is 29.5 Å². The topological polar surface area (TPSA) is 181 Å². The molecule has 4 unspecified atom stereocenters. The maximum absolute atomic E-state index is 14.2. The summed E-state index contributed by atoms with van der Waals surface area (Å²) >= 11 is 6.62. The first-order valence-electron chi connectivity index (χ1n) is 21.7. The lowest BCUT2D eigenvalue weighted by Gasteiger charge is -2.42. The van der Waals surface area contributed by atoms with Crippen molar-refractivity contribution in [2.75, 3.05) is 63.8 Å². The summed E-state index contributed by atoms with van der Waals surface area (Å²) in [5.41, 5.74) is 1.11. The number of benzene rings is 2. The molecule has 20 heteroatoms. The number of piperazine rings is 1. The van der Waals surface area contributed by atoms with Crippen molar-refractivity contribution in [1.82, 2.24) is 30.1 Å². The van der Waals surface area contributed by atoms with Gasteiger partial charge in [0.05, 0.1) is 47.4 Å². The number of methoxy groups -OCH3 is 2. The van der Waals surface area contributed by atoms with Gasteiger partial charge in [-0.05, 0) is 55.0 Å². The van der Waals surface area contributed by atoms with Crippen LogP contribution in [0.2, 0.25) is 5.02 Å². The highest BCUT2D eigenvalue weighted by Crippen LogP contribution is 2.41. The number of carbonyl (C=O) groups excluding carboxylic acids is 4. The standard InChI is InChI=1S/C46H54ClF3N8O8/c1-26-24-56(43(61)45(2,3)4)15-16-57(26)38-12-11-30(22-51-38)41(59)54-34-21-37(66-46(48,49)50)32(20-33(34)47)27-7-9-28(10-8-27)35-23-52-40(53-35)36-19-31(63-5)25-58(36)42(60)39(55-44(62)64-6)29-13-17-65-18-14-29/h7-12,20-23,26,29,31,36,39H,13-19,24-25H2,1-6H3,(H,52,53)(H,54,59)(H,55,62). The molecule has 2 aromatic heterocycles. The number of hydrogen-bond donors (Lipinski definition) is 3. The van der Waals surface area contributed by atoms with Gasteiger partial charge in [-0.1, -0.05) is 56.6 Å². The number of alkyl halides is 3. The van der Waals surface area contributed by atoms with Crippen LogP contribution in [0.5, 0.6) is 5.75 Å². The molecule has 0 aliphatic carbocycles. The molecule has 354 valence electrons. The quantitative estimate of drug-likeness (QED) is 0.136. The van der Waals surface area contributed by atoms with Crippen LogP contribution in [0.3, 0.4) is 0 Å². The predicted octanol–water partition coefficient (Wildman–Crippen LogP) is 7.47. The summed E-state index contributed by atoms with van der Waals surface area (Å²) < 4.78 is 62.0. The molecule has 66 heavy (non-hydrogen) atoms. The minimum atomic E-state index is -5.07. The Morgan fingerprint density at radius 3 is 2.27 bits per heavy atom. The van der Waals surface area contributed by atoms with E-state index in [1.807, 2.05) is 37.5 Å². The van der Waals surface area contributed by atoms with E-state index in [0.717, 1.165) is 6.07 Å². The zero-order chi connectivity index (χ0) is 47.5. The van der Waals surface area contributed by atoms with Crippen LogP contribution >= 0.6 is 11.6 Å². The number of nitrogens with one attached hydrogen (secondary N) is 3. The lowest BCUT2D eigenvalue weighted by Crippen LogP contribution is -2.56.